The Hall–Kier alpha value is -2.30. The lowest BCUT2D eigenvalue weighted by Crippen LogP contribution is -2.30. The van der Waals surface area contributed by atoms with E-state index in [1.54, 1.807) is 17.2 Å². The Morgan fingerprint density at radius 2 is 2.28 bits per heavy atom. The molecular weight excluding hydrogens is 228 g/mol. The number of rotatable bonds is 4. The highest BCUT2D eigenvalue weighted by atomic mass is 16.2. The largest absolute Gasteiger partial charge is 0.399 e. The Balaban J connectivity index is 2.12. The molecule has 1 aromatic heterocycles. The number of amides is 1. The van der Waals surface area contributed by atoms with Gasteiger partial charge < -0.3 is 10.6 Å². The third-order valence-electron chi connectivity index (χ3n) is 2.72. The minimum Gasteiger partial charge on any atom is -0.399 e. The van der Waals surface area contributed by atoms with Crippen LogP contribution in [0.4, 0.5) is 5.69 Å². The number of nitrogens with one attached hydrogen (secondary N) is 1. The second-order valence-corrected chi connectivity index (χ2v) is 4.03. The van der Waals surface area contributed by atoms with Crippen molar-refractivity contribution >= 4 is 11.6 Å². The van der Waals surface area contributed by atoms with Crippen LogP contribution in [0, 0.1) is 0 Å². The number of nitrogens with zero attached hydrogens (tertiary/aromatic N) is 2. The quantitative estimate of drug-likeness (QED) is 0.803. The Morgan fingerprint density at radius 1 is 1.44 bits per heavy atom. The molecule has 1 heterocycles. The maximum atomic E-state index is 12.1. The molecule has 0 atom stereocenters. The van der Waals surface area contributed by atoms with Crippen molar-refractivity contribution in [3.05, 3.63) is 47.8 Å². The van der Waals surface area contributed by atoms with Crippen LogP contribution in [-0.4, -0.2) is 27.5 Å². The van der Waals surface area contributed by atoms with Gasteiger partial charge in [0.15, 0.2) is 0 Å². The average molecular weight is 244 g/mol. The van der Waals surface area contributed by atoms with E-state index in [1.165, 1.54) is 0 Å². The number of hydrogen-bond acceptors (Lipinski definition) is 3. The first-order valence-electron chi connectivity index (χ1n) is 5.83. The Bertz CT molecular complexity index is 522. The first-order valence-corrected chi connectivity index (χ1v) is 5.83. The van der Waals surface area contributed by atoms with E-state index in [-0.39, 0.29) is 5.91 Å². The van der Waals surface area contributed by atoms with Crippen LogP contribution >= 0.6 is 0 Å². The fraction of sp³-hybridized carbons (Fsp3) is 0.231. The van der Waals surface area contributed by atoms with E-state index in [4.69, 9.17) is 5.73 Å². The molecule has 0 saturated carbocycles. The molecule has 0 fully saturated rings. The minimum atomic E-state index is -0.0579. The molecule has 1 amide bonds. The molecule has 5 nitrogen and oxygen atoms in total. The fourth-order valence-electron chi connectivity index (χ4n) is 1.78. The van der Waals surface area contributed by atoms with Gasteiger partial charge in [0.2, 0.25) is 0 Å². The second kappa shape index (κ2) is 5.35. The highest BCUT2D eigenvalue weighted by Crippen LogP contribution is 2.11. The number of aromatic amines is 1. The van der Waals surface area contributed by atoms with Crippen molar-refractivity contribution in [3.8, 4) is 0 Å². The first-order chi connectivity index (χ1) is 8.70. The van der Waals surface area contributed by atoms with Crippen LogP contribution in [0.5, 0.6) is 0 Å². The van der Waals surface area contributed by atoms with Crippen LogP contribution in [0.1, 0.15) is 23.0 Å². The van der Waals surface area contributed by atoms with Gasteiger partial charge in [-0.1, -0.05) is 12.1 Å². The molecule has 0 radical (unpaired) electrons. The van der Waals surface area contributed by atoms with E-state index in [0.29, 0.717) is 24.5 Å². The summed E-state index contributed by atoms with van der Waals surface area (Å²) in [6.07, 6.45) is 1.57. The van der Waals surface area contributed by atoms with Gasteiger partial charge in [0, 0.05) is 25.0 Å². The van der Waals surface area contributed by atoms with Crippen LogP contribution in [-0.2, 0) is 6.54 Å². The van der Waals surface area contributed by atoms with Gasteiger partial charge in [-0.15, -0.1) is 0 Å². The third-order valence-corrected chi connectivity index (χ3v) is 2.72. The number of aromatic nitrogens is 2. The molecule has 2 aromatic rings. The lowest BCUT2D eigenvalue weighted by molar-refractivity contribution is 0.0746. The summed E-state index contributed by atoms with van der Waals surface area (Å²) in [5.41, 5.74) is 7.95. The molecule has 0 bridgehead atoms. The standard InChI is InChI=1S/C13H16N4O/c1-2-17(13(18)12-6-7-15-16-12)9-10-4-3-5-11(14)8-10/h3-8H,2,9,14H2,1H3,(H,15,16). The van der Waals surface area contributed by atoms with Crippen molar-refractivity contribution in [3.63, 3.8) is 0 Å². The Labute approximate surface area is 106 Å². The van der Waals surface area contributed by atoms with E-state index in [9.17, 15) is 4.79 Å². The van der Waals surface area contributed by atoms with Crippen molar-refractivity contribution in [2.45, 2.75) is 13.5 Å². The van der Waals surface area contributed by atoms with Gasteiger partial charge in [-0.3, -0.25) is 9.89 Å². The van der Waals surface area contributed by atoms with Crippen LogP contribution in [0.15, 0.2) is 36.5 Å². The molecule has 1 aromatic carbocycles. The van der Waals surface area contributed by atoms with E-state index in [0.717, 1.165) is 5.56 Å². The van der Waals surface area contributed by atoms with Gasteiger partial charge in [-0.05, 0) is 30.7 Å². The fourth-order valence-corrected chi connectivity index (χ4v) is 1.78. The molecule has 0 aliphatic heterocycles. The molecule has 94 valence electrons. The summed E-state index contributed by atoms with van der Waals surface area (Å²) in [5.74, 6) is -0.0579. The molecule has 0 saturated heterocycles. The number of nitrogen functional groups attached to an aromatic ring is 1. The summed E-state index contributed by atoms with van der Waals surface area (Å²) in [5, 5.41) is 6.47. The molecule has 0 spiro atoms. The first kappa shape index (κ1) is 12.2. The number of carbonyl (C=O) groups excluding carboxylic acids is 1. The van der Waals surface area contributed by atoms with Crippen LogP contribution < -0.4 is 5.73 Å². The summed E-state index contributed by atoms with van der Waals surface area (Å²) < 4.78 is 0. The summed E-state index contributed by atoms with van der Waals surface area (Å²) >= 11 is 0. The zero-order valence-corrected chi connectivity index (χ0v) is 10.3. The molecule has 18 heavy (non-hydrogen) atoms. The highest BCUT2D eigenvalue weighted by molar-refractivity contribution is 5.92. The van der Waals surface area contributed by atoms with Gasteiger partial charge >= 0.3 is 0 Å². The number of nitrogens with two attached hydrogens (primary N) is 1. The molecule has 2 rings (SSSR count). The van der Waals surface area contributed by atoms with Gasteiger partial charge in [0.05, 0.1) is 0 Å². The van der Waals surface area contributed by atoms with E-state index in [2.05, 4.69) is 10.2 Å². The summed E-state index contributed by atoms with van der Waals surface area (Å²) in [6.45, 7) is 3.12. The van der Waals surface area contributed by atoms with Crippen molar-refractivity contribution < 1.29 is 4.79 Å². The predicted octanol–water partition coefficient (Wildman–Crippen LogP) is 1.65. The van der Waals surface area contributed by atoms with Gasteiger partial charge in [-0.25, -0.2) is 0 Å². The van der Waals surface area contributed by atoms with Crippen LogP contribution in [0.3, 0.4) is 0 Å². The van der Waals surface area contributed by atoms with Gasteiger partial charge in [0.1, 0.15) is 5.69 Å². The number of carbonyl (C=O) groups is 1. The summed E-state index contributed by atoms with van der Waals surface area (Å²) in [6, 6.07) is 9.22. The van der Waals surface area contributed by atoms with E-state index in [1.807, 2.05) is 31.2 Å². The Kier molecular flexibility index (Phi) is 3.62. The van der Waals surface area contributed by atoms with Crippen LogP contribution in [0.25, 0.3) is 0 Å². The molecule has 0 aliphatic rings. The highest BCUT2D eigenvalue weighted by Gasteiger charge is 2.15. The SMILES string of the molecule is CCN(Cc1cccc(N)c1)C(=O)c1ccn[nH]1. The number of anilines is 1. The second-order valence-electron chi connectivity index (χ2n) is 4.03. The van der Waals surface area contributed by atoms with Crippen LogP contribution in [0.2, 0.25) is 0 Å². The van der Waals surface area contributed by atoms with Crippen molar-refractivity contribution in [1.82, 2.24) is 15.1 Å². The maximum Gasteiger partial charge on any atom is 0.272 e. The lowest BCUT2D eigenvalue weighted by atomic mass is 10.2. The predicted molar refractivity (Wildman–Crippen MR) is 69.9 cm³/mol. The molecule has 5 heteroatoms. The molecular formula is C13H16N4O. The van der Waals surface area contributed by atoms with Crippen molar-refractivity contribution in [2.24, 2.45) is 0 Å². The van der Waals surface area contributed by atoms with Crippen molar-refractivity contribution in [2.75, 3.05) is 12.3 Å². The third kappa shape index (κ3) is 2.68. The van der Waals surface area contributed by atoms with Gasteiger partial charge in [-0.2, -0.15) is 5.10 Å². The molecule has 0 aliphatic carbocycles. The number of hydrogen-bond donors (Lipinski definition) is 2. The minimum absolute atomic E-state index is 0.0579. The topological polar surface area (TPSA) is 75.0 Å². The average Bonchev–Trinajstić information content (AvgIpc) is 2.89. The monoisotopic (exact) mass is 244 g/mol. The zero-order valence-electron chi connectivity index (χ0n) is 10.3. The number of benzene rings is 1. The molecule has 0 unspecified atom stereocenters. The lowest BCUT2D eigenvalue weighted by Gasteiger charge is -2.20. The van der Waals surface area contributed by atoms with E-state index >= 15 is 0 Å². The normalized spacial score (nSPS) is 10.3. The Morgan fingerprint density at radius 3 is 2.89 bits per heavy atom. The maximum absolute atomic E-state index is 12.1. The van der Waals surface area contributed by atoms with E-state index < -0.39 is 0 Å². The smallest absolute Gasteiger partial charge is 0.272 e. The zero-order chi connectivity index (χ0) is 13.0. The summed E-state index contributed by atoms with van der Waals surface area (Å²) in [4.78, 5) is 13.9. The molecule has 3 N–H and O–H groups in total. The number of H-pyrrole nitrogens is 1. The van der Waals surface area contributed by atoms with Crippen molar-refractivity contribution in [1.29, 1.82) is 0 Å². The van der Waals surface area contributed by atoms with Gasteiger partial charge in [0.25, 0.3) is 5.91 Å². The summed E-state index contributed by atoms with van der Waals surface area (Å²) in [7, 11) is 0.